The van der Waals surface area contributed by atoms with Gasteiger partial charge in [0.25, 0.3) is 0 Å². The van der Waals surface area contributed by atoms with E-state index in [4.69, 9.17) is 5.73 Å². The van der Waals surface area contributed by atoms with E-state index in [1.54, 1.807) is 6.20 Å². The monoisotopic (exact) mass is 274 g/mol. The van der Waals surface area contributed by atoms with Crippen molar-refractivity contribution in [1.29, 1.82) is 0 Å². The van der Waals surface area contributed by atoms with Gasteiger partial charge in [0.15, 0.2) is 0 Å². The highest BCUT2D eigenvalue weighted by Crippen LogP contribution is 2.25. The van der Waals surface area contributed by atoms with Crippen LogP contribution in [0.15, 0.2) is 72.9 Å². The van der Waals surface area contributed by atoms with Gasteiger partial charge < -0.3 is 5.73 Å². The third kappa shape index (κ3) is 2.86. The molecule has 2 aromatic carbocycles. The number of nitrogens with two attached hydrogens (primary N) is 1. The summed E-state index contributed by atoms with van der Waals surface area (Å²) < 4.78 is 0. The Hall–Kier alpha value is -2.45. The fourth-order valence-electron chi connectivity index (χ4n) is 2.52. The Morgan fingerprint density at radius 3 is 2.14 bits per heavy atom. The Bertz CT molecular complexity index is 718. The minimum atomic E-state index is -0.136. The average molecular weight is 274 g/mol. The third-order valence-electron chi connectivity index (χ3n) is 3.76. The van der Waals surface area contributed by atoms with Crippen LogP contribution in [0.5, 0.6) is 0 Å². The molecule has 1 heterocycles. The normalized spacial score (nSPS) is 12.1. The van der Waals surface area contributed by atoms with Crippen molar-refractivity contribution in [1.82, 2.24) is 4.98 Å². The summed E-state index contributed by atoms with van der Waals surface area (Å²) in [4.78, 5) is 4.31. The van der Waals surface area contributed by atoms with E-state index < -0.39 is 0 Å². The van der Waals surface area contributed by atoms with Crippen molar-refractivity contribution in [3.8, 4) is 11.1 Å². The third-order valence-corrected chi connectivity index (χ3v) is 3.76. The summed E-state index contributed by atoms with van der Waals surface area (Å²) in [5.74, 6) is 0. The quantitative estimate of drug-likeness (QED) is 0.780. The predicted molar refractivity (Wildman–Crippen MR) is 86.9 cm³/mol. The van der Waals surface area contributed by atoms with Crippen LogP contribution in [0.3, 0.4) is 0 Å². The van der Waals surface area contributed by atoms with Gasteiger partial charge in [-0.25, -0.2) is 0 Å². The lowest BCUT2D eigenvalue weighted by molar-refractivity contribution is 0.848. The van der Waals surface area contributed by atoms with Crippen molar-refractivity contribution >= 4 is 0 Å². The summed E-state index contributed by atoms with van der Waals surface area (Å²) in [6, 6.07) is 22.6. The fraction of sp³-hybridized carbons (Fsp3) is 0.105. The maximum atomic E-state index is 6.37. The molecule has 0 aliphatic heterocycles. The van der Waals surface area contributed by atoms with E-state index in [0.29, 0.717) is 0 Å². The molecule has 0 aliphatic rings. The van der Waals surface area contributed by atoms with Crippen molar-refractivity contribution < 1.29 is 0 Å². The molecule has 0 fully saturated rings. The molecule has 0 spiro atoms. The Morgan fingerprint density at radius 2 is 1.48 bits per heavy atom. The number of hydrogen-bond acceptors (Lipinski definition) is 2. The van der Waals surface area contributed by atoms with E-state index in [1.807, 2.05) is 37.3 Å². The second kappa shape index (κ2) is 5.90. The van der Waals surface area contributed by atoms with Gasteiger partial charge in [0.2, 0.25) is 0 Å². The molecule has 21 heavy (non-hydrogen) atoms. The lowest BCUT2D eigenvalue weighted by atomic mass is 9.96. The van der Waals surface area contributed by atoms with Gasteiger partial charge in [0.05, 0.1) is 6.04 Å². The molecule has 3 rings (SSSR count). The Labute approximate surface area is 125 Å². The molecule has 0 bridgehead atoms. The maximum absolute atomic E-state index is 6.37. The van der Waals surface area contributed by atoms with Crippen LogP contribution in [-0.4, -0.2) is 4.98 Å². The van der Waals surface area contributed by atoms with Crippen molar-refractivity contribution in [3.05, 3.63) is 89.7 Å². The van der Waals surface area contributed by atoms with E-state index in [1.165, 1.54) is 11.1 Å². The van der Waals surface area contributed by atoms with E-state index in [-0.39, 0.29) is 6.04 Å². The van der Waals surface area contributed by atoms with Gasteiger partial charge >= 0.3 is 0 Å². The van der Waals surface area contributed by atoms with Crippen LogP contribution in [0.2, 0.25) is 0 Å². The fourth-order valence-corrected chi connectivity index (χ4v) is 2.52. The Morgan fingerprint density at radius 1 is 0.810 bits per heavy atom. The zero-order chi connectivity index (χ0) is 14.7. The highest BCUT2D eigenvalue weighted by molar-refractivity contribution is 5.63. The highest BCUT2D eigenvalue weighted by atomic mass is 14.7. The second-order valence-electron chi connectivity index (χ2n) is 5.14. The van der Waals surface area contributed by atoms with Gasteiger partial charge in [0, 0.05) is 11.9 Å². The van der Waals surface area contributed by atoms with Gasteiger partial charge in [-0.1, -0.05) is 60.7 Å². The van der Waals surface area contributed by atoms with Crippen molar-refractivity contribution in [2.75, 3.05) is 0 Å². The van der Waals surface area contributed by atoms with E-state index in [2.05, 4.69) is 41.4 Å². The molecular weight excluding hydrogens is 256 g/mol. The summed E-state index contributed by atoms with van der Waals surface area (Å²) in [6.45, 7) is 1.99. The van der Waals surface area contributed by atoms with Gasteiger partial charge in [-0.3, -0.25) is 4.98 Å². The zero-order valence-corrected chi connectivity index (χ0v) is 12.0. The topological polar surface area (TPSA) is 38.9 Å². The molecule has 3 aromatic rings. The van der Waals surface area contributed by atoms with E-state index in [0.717, 1.165) is 16.8 Å². The van der Waals surface area contributed by atoms with Crippen LogP contribution in [-0.2, 0) is 0 Å². The minimum Gasteiger partial charge on any atom is -0.320 e. The molecule has 0 aliphatic carbocycles. The zero-order valence-electron chi connectivity index (χ0n) is 12.0. The van der Waals surface area contributed by atoms with Crippen LogP contribution in [0.4, 0.5) is 0 Å². The SMILES string of the molecule is Cc1ncccc1C(N)c1ccc(-c2ccccc2)cc1. The van der Waals surface area contributed by atoms with Crippen LogP contribution < -0.4 is 5.73 Å². The molecule has 1 aromatic heterocycles. The minimum absolute atomic E-state index is 0.136. The van der Waals surface area contributed by atoms with Crippen LogP contribution in [0.25, 0.3) is 11.1 Å². The molecule has 0 saturated heterocycles. The molecule has 1 atom stereocenters. The van der Waals surface area contributed by atoms with Crippen molar-refractivity contribution in [2.45, 2.75) is 13.0 Å². The summed E-state index contributed by atoms with van der Waals surface area (Å²) in [6.07, 6.45) is 1.80. The van der Waals surface area contributed by atoms with Gasteiger partial charge in [-0.2, -0.15) is 0 Å². The summed E-state index contributed by atoms with van der Waals surface area (Å²) >= 11 is 0. The molecular formula is C19H18N2. The molecule has 2 heteroatoms. The first-order valence-corrected chi connectivity index (χ1v) is 7.08. The van der Waals surface area contributed by atoms with Crippen molar-refractivity contribution in [2.24, 2.45) is 5.73 Å². The largest absolute Gasteiger partial charge is 0.320 e. The smallest absolute Gasteiger partial charge is 0.0569 e. The number of pyridine rings is 1. The first-order chi connectivity index (χ1) is 10.3. The molecule has 104 valence electrons. The average Bonchev–Trinajstić information content (AvgIpc) is 2.56. The lowest BCUT2D eigenvalue weighted by Crippen LogP contribution is -2.13. The molecule has 0 saturated carbocycles. The molecule has 2 N–H and O–H groups in total. The summed E-state index contributed by atoms with van der Waals surface area (Å²) in [7, 11) is 0. The second-order valence-corrected chi connectivity index (χ2v) is 5.14. The summed E-state index contributed by atoms with van der Waals surface area (Å²) in [5.41, 5.74) is 11.9. The Kier molecular flexibility index (Phi) is 3.80. The molecule has 1 unspecified atom stereocenters. The van der Waals surface area contributed by atoms with Gasteiger partial charge in [-0.05, 0) is 35.2 Å². The van der Waals surface area contributed by atoms with Crippen LogP contribution >= 0.6 is 0 Å². The number of aryl methyl sites for hydroxylation is 1. The molecule has 0 radical (unpaired) electrons. The number of benzene rings is 2. The van der Waals surface area contributed by atoms with E-state index >= 15 is 0 Å². The molecule has 2 nitrogen and oxygen atoms in total. The highest BCUT2D eigenvalue weighted by Gasteiger charge is 2.11. The Balaban J connectivity index is 1.89. The number of aromatic nitrogens is 1. The lowest BCUT2D eigenvalue weighted by Gasteiger charge is -2.15. The molecule has 0 amide bonds. The standard InChI is InChI=1S/C19H18N2/c1-14-18(8-5-13-21-14)19(20)17-11-9-16(10-12-17)15-6-3-2-4-7-15/h2-13,19H,20H2,1H3. The van der Waals surface area contributed by atoms with E-state index in [9.17, 15) is 0 Å². The summed E-state index contributed by atoms with van der Waals surface area (Å²) in [5, 5.41) is 0. The predicted octanol–water partition coefficient (Wildman–Crippen LogP) is 4.11. The maximum Gasteiger partial charge on any atom is 0.0569 e. The number of rotatable bonds is 3. The van der Waals surface area contributed by atoms with Gasteiger partial charge in [0.1, 0.15) is 0 Å². The first kappa shape index (κ1) is 13.5. The number of nitrogens with zero attached hydrogens (tertiary/aromatic N) is 1. The van der Waals surface area contributed by atoms with Crippen LogP contribution in [0, 0.1) is 6.92 Å². The first-order valence-electron chi connectivity index (χ1n) is 7.08. The van der Waals surface area contributed by atoms with Gasteiger partial charge in [-0.15, -0.1) is 0 Å². The van der Waals surface area contributed by atoms with Crippen LogP contribution in [0.1, 0.15) is 22.9 Å². The van der Waals surface area contributed by atoms with Crippen molar-refractivity contribution in [3.63, 3.8) is 0 Å². The number of hydrogen-bond donors (Lipinski definition) is 1.